The van der Waals surface area contributed by atoms with Crippen molar-refractivity contribution in [1.82, 2.24) is 0 Å². The van der Waals surface area contributed by atoms with Gasteiger partial charge in [0.1, 0.15) is 5.75 Å². The van der Waals surface area contributed by atoms with E-state index in [0.29, 0.717) is 6.07 Å². The molecule has 0 aliphatic rings. The van der Waals surface area contributed by atoms with Gasteiger partial charge in [-0.05, 0) is 29.8 Å². The van der Waals surface area contributed by atoms with E-state index in [1.807, 2.05) is 0 Å². The van der Waals surface area contributed by atoms with Crippen LogP contribution in [0.15, 0.2) is 18.2 Å². The van der Waals surface area contributed by atoms with Gasteiger partial charge in [0.15, 0.2) is 0 Å². The van der Waals surface area contributed by atoms with Crippen molar-refractivity contribution in [3.05, 3.63) is 29.3 Å². The van der Waals surface area contributed by atoms with Gasteiger partial charge in [-0.2, -0.15) is 13.2 Å². The zero-order chi connectivity index (χ0) is 10.9. The average Bonchev–Trinajstić information content (AvgIpc) is 2.02. The lowest BCUT2D eigenvalue weighted by molar-refractivity contribution is -0.138. The third kappa shape index (κ3) is 2.17. The highest BCUT2D eigenvalue weighted by atomic mass is 35.5. The SMILES string of the molecule is O=C(Cl)c1ccc(O)c(C(F)(F)F)c1. The van der Waals surface area contributed by atoms with Crippen LogP contribution in [0.4, 0.5) is 13.2 Å². The molecule has 0 aliphatic carbocycles. The van der Waals surface area contributed by atoms with Gasteiger partial charge in [-0.3, -0.25) is 4.79 Å². The molecule has 0 bridgehead atoms. The van der Waals surface area contributed by atoms with Gasteiger partial charge >= 0.3 is 6.18 Å². The van der Waals surface area contributed by atoms with Gasteiger partial charge in [0.25, 0.3) is 5.24 Å². The maximum absolute atomic E-state index is 12.2. The molecule has 76 valence electrons. The summed E-state index contributed by atoms with van der Waals surface area (Å²) in [7, 11) is 0. The van der Waals surface area contributed by atoms with E-state index in [1.165, 1.54) is 0 Å². The topological polar surface area (TPSA) is 37.3 Å². The van der Waals surface area contributed by atoms with Crippen LogP contribution in [-0.4, -0.2) is 10.3 Å². The van der Waals surface area contributed by atoms with Gasteiger partial charge in [-0.25, -0.2) is 0 Å². The van der Waals surface area contributed by atoms with Crippen molar-refractivity contribution in [3.8, 4) is 5.75 Å². The van der Waals surface area contributed by atoms with E-state index >= 15 is 0 Å². The number of rotatable bonds is 1. The standard InChI is InChI=1S/C8H4ClF3O2/c9-7(14)4-1-2-6(13)5(3-4)8(10,11)12/h1-3,13H. The monoisotopic (exact) mass is 224 g/mol. The number of hydrogen-bond donors (Lipinski definition) is 1. The van der Waals surface area contributed by atoms with Crippen molar-refractivity contribution in [2.45, 2.75) is 6.18 Å². The number of carbonyl (C=O) groups excluding carboxylic acids is 1. The molecule has 1 N–H and O–H groups in total. The molecular weight excluding hydrogens is 221 g/mol. The fourth-order valence-corrected chi connectivity index (χ4v) is 1.00. The quantitative estimate of drug-likeness (QED) is 0.745. The fourth-order valence-electron chi connectivity index (χ4n) is 0.885. The first-order valence-electron chi connectivity index (χ1n) is 3.42. The summed E-state index contributed by atoms with van der Waals surface area (Å²) in [5.41, 5.74) is -1.58. The van der Waals surface area contributed by atoms with Gasteiger partial charge < -0.3 is 5.11 Å². The number of benzene rings is 1. The van der Waals surface area contributed by atoms with E-state index in [4.69, 9.17) is 16.7 Å². The van der Waals surface area contributed by atoms with Crippen LogP contribution in [0.1, 0.15) is 15.9 Å². The number of alkyl halides is 3. The number of carbonyl (C=O) groups is 1. The third-order valence-electron chi connectivity index (χ3n) is 1.53. The molecule has 14 heavy (non-hydrogen) atoms. The molecule has 2 nitrogen and oxygen atoms in total. The van der Waals surface area contributed by atoms with Crippen molar-refractivity contribution in [2.24, 2.45) is 0 Å². The Bertz CT molecular complexity index is 373. The molecular formula is C8H4ClF3O2. The van der Waals surface area contributed by atoms with Crippen LogP contribution in [-0.2, 0) is 6.18 Å². The minimum absolute atomic E-state index is 0.309. The highest BCUT2D eigenvalue weighted by Gasteiger charge is 2.34. The van der Waals surface area contributed by atoms with Crippen molar-refractivity contribution in [1.29, 1.82) is 0 Å². The Morgan fingerprint density at radius 2 is 1.93 bits per heavy atom. The molecule has 0 heterocycles. The Morgan fingerprint density at radius 3 is 2.36 bits per heavy atom. The van der Waals surface area contributed by atoms with E-state index in [1.54, 1.807) is 0 Å². The summed E-state index contributed by atoms with van der Waals surface area (Å²) in [5.74, 6) is -0.931. The molecule has 0 aliphatic heterocycles. The zero-order valence-corrected chi connectivity index (χ0v) is 7.36. The van der Waals surface area contributed by atoms with E-state index < -0.39 is 22.7 Å². The Kier molecular flexibility index (Phi) is 2.71. The smallest absolute Gasteiger partial charge is 0.419 e. The van der Waals surface area contributed by atoms with Gasteiger partial charge in [0, 0.05) is 5.56 Å². The van der Waals surface area contributed by atoms with Crippen LogP contribution < -0.4 is 0 Å². The van der Waals surface area contributed by atoms with Crippen LogP contribution in [0.3, 0.4) is 0 Å². The summed E-state index contributed by atoms with van der Waals surface area (Å²) in [6, 6.07) is 2.29. The van der Waals surface area contributed by atoms with Crippen LogP contribution in [0, 0.1) is 0 Å². The van der Waals surface area contributed by atoms with Crippen molar-refractivity contribution in [3.63, 3.8) is 0 Å². The van der Waals surface area contributed by atoms with E-state index in [-0.39, 0.29) is 5.56 Å². The Morgan fingerprint density at radius 1 is 1.36 bits per heavy atom. The number of phenolic OH excluding ortho intramolecular Hbond substituents is 1. The number of phenols is 1. The minimum Gasteiger partial charge on any atom is -0.507 e. The lowest BCUT2D eigenvalue weighted by Gasteiger charge is -2.09. The van der Waals surface area contributed by atoms with E-state index in [2.05, 4.69) is 0 Å². The number of aromatic hydroxyl groups is 1. The summed E-state index contributed by atoms with van der Waals surface area (Å²) in [4.78, 5) is 10.6. The number of hydrogen-bond acceptors (Lipinski definition) is 2. The van der Waals surface area contributed by atoms with Crippen LogP contribution >= 0.6 is 11.6 Å². The maximum atomic E-state index is 12.2. The highest BCUT2D eigenvalue weighted by Crippen LogP contribution is 2.36. The lowest BCUT2D eigenvalue weighted by Crippen LogP contribution is -2.06. The molecule has 0 fully saturated rings. The maximum Gasteiger partial charge on any atom is 0.419 e. The fraction of sp³-hybridized carbons (Fsp3) is 0.125. The first-order valence-corrected chi connectivity index (χ1v) is 3.80. The summed E-state index contributed by atoms with van der Waals surface area (Å²) in [6.45, 7) is 0. The predicted molar refractivity (Wildman–Crippen MR) is 43.3 cm³/mol. The Labute approximate surface area is 81.9 Å². The minimum atomic E-state index is -4.70. The lowest BCUT2D eigenvalue weighted by atomic mass is 10.1. The van der Waals surface area contributed by atoms with Gasteiger partial charge in [0.2, 0.25) is 0 Å². The second-order valence-electron chi connectivity index (χ2n) is 2.50. The van der Waals surface area contributed by atoms with Crippen LogP contribution in [0.2, 0.25) is 0 Å². The molecule has 0 spiro atoms. The average molecular weight is 225 g/mol. The molecule has 0 atom stereocenters. The zero-order valence-electron chi connectivity index (χ0n) is 6.60. The largest absolute Gasteiger partial charge is 0.507 e. The van der Waals surface area contributed by atoms with Gasteiger partial charge in [0.05, 0.1) is 5.56 Å². The van der Waals surface area contributed by atoms with Gasteiger partial charge in [-0.15, -0.1) is 0 Å². The van der Waals surface area contributed by atoms with Crippen molar-refractivity contribution < 1.29 is 23.1 Å². The first kappa shape index (κ1) is 10.8. The molecule has 0 aromatic heterocycles. The molecule has 1 aromatic carbocycles. The van der Waals surface area contributed by atoms with Crippen LogP contribution in [0.5, 0.6) is 5.75 Å². The molecule has 0 radical (unpaired) electrons. The Hall–Kier alpha value is -1.23. The van der Waals surface area contributed by atoms with E-state index in [0.717, 1.165) is 12.1 Å². The van der Waals surface area contributed by atoms with Crippen LogP contribution in [0.25, 0.3) is 0 Å². The second-order valence-corrected chi connectivity index (χ2v) is 2.85. The van der Waals surface area contributed by atoms with Crippen molar-refractivity contribution in [2.75, 3.05) is 0 Å². The molecule has 0 unspecified atom stereocenters. The highest BCUT2D eigenvalue weighted by molar-refractivity contribution is 6.67. The third-order valence-corrected chi connectivity index (χ3v) is 1.75. The normalized spacial score (nSPS) is 11.4. The summed E-state index contributed by atoms with van der Waals surface area (Å²) >= 11 is 4.99. The van der Waals surface area contributed by atoms with Gasteiger partial charge in [-0.1, -0.05) is 0 Å². The molecule has 0 saturated heterocycles. The predicted octanol–water partition coefficient (Wildman–Crippen LogP) is 2.79. The summed E-state index contributed by atoms with van der Waals surface area (Å²) < 4.78 is 36.5. The first-order chi connectivity index (χ1) is 6.32. The summed E-state index contributed by atoms with van der Waals surface area (Å²) in [6.07, 6.45) is -4.70. The number of halogens is 4. The van der Waals surface area contributed by atoms with E-state index in [9.17, 15) is 18.0 Å². The molecule has 1 aromatic rings. The molecule has 6 heteroatoms. The Balaban J connectivity index is 3.29. The second kappa shape index (κ2) is 3.49. The molecule has 0 saturated carbocycles. The summed E-state index contributed by atoms with van der Waals surface area (Å²) in [5, 5.41) is 7.87. The van der Waals surface area contributed by atoms with Crippen molar-refractivity contribution >= 4 is 16.8 Å². The molecule has 0 amide bonds. The molecule has 1 rings (SSSR count).